The van der Waals surface area contributed by atoms with Gasteiger partial charge in [0.05, 0.1) is 24.7 Å². The first-order chi connectivity index (χ1) is 9.15. The number of ether oxygens (including phenoxy) is 1. The van der Waals surface area contributed by atoms with Crippen LogP contribution in [0.5, 0.6) is 0 Å². The molecule has 0 aliphatic rings. The van der Waals surface area contributed by atoms with E-state index in [1.165, 1.54) is 12.1 Å². The van der Waals surface area contributed by atoms with Gasteiger partial charge in [-0.1, -0.05) is 23.7 Å². The zero-order valence-corrected chi connectivity index (χ0v) is 11.9. The number of aromatic nitrogens is 2. The van der Waals surface area contributed by atoms with Gasteiger partial charge in [0.1, 0.15) is 11.0 Å². The van der Waals surface area contributed by atoms with Gasteiger partial charge in [-0.3, -0.25) is 0 Å². The van der Waals surface area contributed by atoms with Crippen LogP contribution in [0.2, 0.25) is 5.15 Å². The molecular formula is C13H13Cl2FN2O. The Bertz CT molecular complexity index is 555. The summed E-state index contributed by atoms with van der Waals surface area (Å²) in [5, 5.41) is 4.86. The van der Waals surface area contributed by atoms with Crippen molar-refractivity contribution in [3.63, 3.8) is 0 Å². The summed E-state index contributed by atoms with van der Waals surface area (Å²) in [7, 11) is 1.59. The highest BCUT2D eigenvalue weighted by molar-refractivity contribution is 6.31. The van der Waals surface area contributed by atoms with Crippen molar-refractivity contribution in [3.05, 3.63) is 52.1 Å². The predicted molar refractivity (Wildman–Crippen MR) is 73.0 cm³/mol. The van der Waals surface area contributed by atoms with E-state index in [1.807, 2.05) is 0 Å². The summed E-state index contributed by atoms with van der Waals surface area (Å²) in [5.41, 5.74) is 2.41. The Morgan fingerprint density at radius 2 is 2.00 bits per heavy atom. The van der Waals surface area contributed by atoms with Gasteiger partial charge in [-0.15, -0.1) is 11.6 Å². The van der Waals surface area contributed by atoms with Crippen LogP contribution in [-0.4, -0.2) is 16.9 Å². The summed E-state index contributed by atoms with van der Waals surface area (Å²) in [6.07, 6.45) is 0. The van der Waals surface area contributed by atoms with Crippen molar-refractivity contribution in [2.75, 3.05) is 7.11 Å². The van der Waals surface area contributed by atoms with Crippen LogP contribution in [0, 0.1) is 5.82 Å². The van der Waals surface area contributed by atoms with Gasteiger partial charge in [0, 0.05) is 12.7 Å². The highest BCUT2D eigenvalue weighted by Crippen LogP contribution is 2.23. The average Bonchev–Trinajstić information content (AvgIpc) is 2.69. The first kappa shape index (κ1) is 14.3. The van der Waals surface area contributed by atoms with E-state index in [4.69, 9.17) is 27.9 Å². The van der Waals surface area contributed by atoms with Crippen LogP contribution in [0.25, 0.3) is 0 Å². The monoisotopic (exact) mass is 302 g/mol. The smallest absolute Gasteiger partial charge is 0.132 e. The SMILES string of the molecule is COCc1nn(Cc2ccc(F)cc2)c(Cl)c1CCl. The molecule has 0 unspecified atom stereocenters. The maximum absolute atomic E-state index is 12.8. The van der Waals surface area contributed by atoms with E-state index < -0.39 is 0 Å². The molecule has 0 saturated heterocycles. The molecule has 1 heterocycles. The van der Waals surface area contributed by atoms with Crippen LogP contribution in [-0.2, 0) is 23.8 Å². The third kappa shape index (κ3) is 3.26. The lowest BCUT2D eigenvalue weighted by Gasteiger charge is -2.03. The quantitative estimate of drug-likeness (QED) is 0.789. The van der Waals surface area contributed by atoms with Crippen molar-refractivity contribution < 1.29 is 9.13 Å². The summed E-state index contributed by atoms with van der Waals surface area (Å²) in [5.74, 6) is 0.0119. The van der Waals surface area contributed by atoms with Gasteiger partial charge < -0.3 is 4.74 Å². The van der Waals surface area contributed by atoms with Crippen molar-refractivity contribution in [2.45, 2.75) is 19.0 Å². The molecule has 0 amide bonds. The van der Waals surface area contributed by atoms with Gasteiger partial charge in [-0.25, -0.2) is 9.07 Å². The minimum atomic E-state index is -0.267. The molecule has 6 heteroatoms. The van der Waals surface area contributed by atoms with Gasteiger partial charge in [0.2, 0.25) is 0 Å². The van der Waals surface area contributed by atoms with E-state index >= 15 is 0 Å². The fourth-order valence-corrected chi connectivity index (χ4v) is 2.40. The lowest BCUT2D eigenvalue weighted by molar-refractivity contribution is 0.180. The third-order valence-corrected chi connectivity index (χ3v) is 3.42. The number of benzene rings is 1. The predicted octanol–water partition coefficient (Wildman–Crippen LogP) is 3.61. The van der Waals surface area contributed by atoms with Gasteiger partial charge in [-0.2, -0.15) is 5.10 Å². The molecule has 0 aliphatic carbocycles. The molecule has 0 bridgehead atoms. The van der Waals surface area contributed by atoms with Crippen LogP contribution in [0.3, 0.4) is 0 Å². The molecule has 0 saturated carbocycles. The second-order valence-corrected chi connectivity index (χ2v) is 4.69. The van der Waals surface area contributed by atoms with E-state index in [9.17, 15) is 4.39 Å². The normalized spacial score (nSPS) is 10.9. The number of halogens is 3. The van der Waals surface area contributed by atoms with E-state index in [0.717, 1.165) is 16.8 Å². The average molecular weight is 303 g/mol. The van der Waals surface area contributed by atoms with E-state index in [0.29, 0.717) is 18.3 Å². The van der Waals surface area contributed by atoms with Crippen molar-refractivity contribution in [1.29, 1.82) is 0 Å². The Kier molecular flexibility index (Phi) is 4.80. The molecule has 0 N–H and O–H groups in total. The molecule has 3 nitrogen and oxygen atoms in total. The van der Waals surface area contributed by atoms with Crippen LogP contribution in [0.1, 0.15) is 16.8 Å². The van der Waals surface area contributed by atoms with Gasteiger partial charge in [0.25, 0.3) is 0 Å². The van der Waals surface area contributed by atoms with Crippen LogP contribution in [0.4, 0.5) is 4.39 Å². The fourth-order valence-electron chi connectivity index (χ4n) is 1.78. The molecule has 0 spiro atoms. The zero-order chi connectivity index (χ0) is 13.8. The van der Waals surface area contributed by atoms with E-state index in [1.54, 1.807) is 23.9 Å². The van der Waals surface area contributed by atoms with Gasteiger partial charge >= 0.3 is 0 Å². The number of hydrogen-bond acceptors (Lipinski definition) is 2. The maximum atomic E-state index is 12.8. The van der Waals surface area contributed by atoms with Crippen molar-refractivity contribution >= 4 is 23.2 Å². The highest BCUT2D eigenvalue weighted by atomic mass is 35.5. The molecule has 19 heavy (non-hydrogen) atoms. The molecule has 0 aliphatic heterocycles. The first-order valence-corrected chi connectivity index (χ1v) is 6.60. The first-order valence-electron chi connectivity index (χ1n) is 5.69. The zero-order valence-electron chi connectivity index (χ0n) is 10.4. The van der Waals surface area contributed by atoms with Crippen molar-refractivity contribution in [3.8, 4) is 0 Å². The molecule has 1 aromatic carbocycles. The van der Waals surface area contributed by atoms with Crippen LogP contribution >= 0.6 is 23.2 Å². The van der Waals surface area contributed by atoms with Crippen LogP contribution in [0.15, 0.2) is 24.3 Å². The van der Waals surface area contributed by atoms with Gasteiger partial charge in [0.15, 0.2) is 0 Å². The number of hydrogen-bond donors (Lipinski definition) is 0. The summed E-state index contributed by atoms with van der Waals surface area (Å²) in [6, 6.07) is 6.21. The van der Waals surface area contributed by atoms with E-state index in [-0.39, 0.29) is 11.7 Å². The Morgan fingerprint density at radius 1 is 1.32 bits per heavy atom. The van der Waals surface area contributed by atoms with Crippen molar-refractivity contribution in [1.82, 2.24) is 9.78 Å². The summed E-state index contributed by atoms with van der Waals surface area (Å²) < 4.78 is 19.5. The summed E-state index contributed by atoms with van der Waals surface area (Å²) in [6.45, 7) is 0.824. The van der Waals surface area contributed by atoms with Gasteiger partial charge in [-0.05, 0) is 17.7 Å². The van der Waals surface area contributed by atoms with Crippen molar-refractivity contribution in [2.24, 2.45) is 0 Å². The topological polar surface area (TPSA) is 27.1 Å². The molecular weight excluding hydrogens is 290 g/mol. The molecule has 102 valence electrons. The second-order valence-electron chi connectivity index (χ2n) is 4.07. The van der Waals surface area contributed by atoms with Crippen LogP contribution < -0.4 is 0 Å². The number of nitrogens with zero attached hydrogens (tertiary/aromatic N) is 2. The summed E-state index contributed by atoms with van der Waals surface area (Å²) in [4.78, 5) is 0. The molecule has 0 radical (unpaired) electrons. The number of rotatable bonds is 5. The number of methoxy groups -OCH3 is 1. The molecule has 0 atom stereocenters. The Balaban J connectivity index is 2.27. The Labute approximate surface area is 120 Å². The Morgan fingerprint density at radius 3 is 2.58 bits per heavy atom. The third-order valence-electron chi connectivity index (χ3n) is 2.73. The van der Waals surface area contributed by atoms with E-state index in [2.05, 4.69) is 5.10 Å². The Hall–Kier alpha value is -1.10. The summed E-state index contributed by atoms with van der Waals surface area (Å²) >= 11 is 12.1. The lowest BCUT2D eigenvalue weighted by atomic mass is 10.2. The number of alkyl halides is 1. The molecule has 2 aromatic rings. The fraction of sp³-hybridized carbons (Fsp3) is 0.308. The minimum absolute atomic E-state index is 0.267. The minimum Gasteiger partial charge on any atom is -0.378 e. The largest absolute Gasteiger partial charge is 0.378 e. The molecule has 1 aromatic heterocycles. The second kappa shape index (κ2) is 6.37. The standard InChI is InChI=1S/C13H13Cl2FN2O/c1-19-8-12-11(6-14)13(15)18(17-12)7-9-2-4-10(16)5-3-9/h2-5H,6-8H2,1H3. The maximum Gasteiger partial charge on any atom is 0.132 e. The molecule has 2 rings (SSSR count). The lowest BCUT2D eigenvalue weighted by Crippen LogP contribution is -2.02. The highest BCUT2D eigenvalue weighted by Gasteiger charge is 2.15. The molecule has 0 fully saturated rings.